The quantitative estimate of drug-likeness (QED) is 0.609. The monoisotopic (exact) mass is 347 g/mol. The number of nitrogens with two attached hydrogens (primary N) is 1. The van der Waals surface area contributed by atoms with Gasteiger partial charge in [-0.2, -0.15) is 0 Å². The number of nitrogens with one attached hydrogen (secondary N) is 1. The Labute approximate surface area is 144 Å². The van der Waals surface area contributed by atoms with E-state index in [2.05, 4.69) is 10.3 Å². The summed E-state index contributed by atoms with van der Waals surface area (Å²) in [5.74, 6) is -0.222. The van der Waals surface area contributed by atoms with Crippen LogP contribution in [-0.2, 0) is 4.79 Å². The lowest BCUT2D eigenvalue weighted by atomic mass is 10.1. The first-order valence-electron chi connectivity index (χ1n) is 8.45. The first-order valence-corrected chi connectivity index (χ1v) is 8.45. The molecule has 2 aliphatic rings. The predicted octanol–water partition coefficient (Wildman–Crippen LogP) is 1.29. The summed E-state index contributed by atoms with van der Waals surface area (Å²) in [6, 6.07) is 1.06. The number of hydrogen-bond donors (Lipinski definition) is 2. The molecule has 2 fully saturated rings. The van der Waals surface area contributed by atoms with E-state index in [1.807, 2.05) is 4.90 Å². The van der Waals surface area contributed by atoms with Crippen molar-refractivity contribution in [2.24, 2.45) is 11.7 Å². The molecule has 1 aliphatic heterocycles. The molecule has 25 heavy (non-hydrogen) atoms. The number of primary amides is 1. The highest BCUT2D eigenvalue weighted by Crippen LogP contribution is 2.28. The van der Waals surface area contributed by atoms with Crippen LogP contribution in [0.1, 0.15) is 42.5 Å². The Kier molecular flexibility index (Phi) is 4.82. The molecule has 1 aromatic heterocycles. The fourth-order valence-corrected chi connectivity index (χ4v) is 3.56. The first kappa shape index (κ1) is 17.1. The van der Waals surface area contributed by atoms with Crippen LogP contribution in [0, 0.1) is 16.0 Å². The van der Waals surface area contributed by atoms with Gasteiger partial charge in [0.2, 0.25) is 5.91 Å². The van der Waals surface area contributed by atoms with Crippen LogP contribution < -0.4 is 11.1 Å². The number of hydrogen-bond acceptors (Lipinski definition) is 6. The van der Waals surface area contributed by atoms with Crippen molar-refractivity contribution in [2.75, 3.05) is 18.4 Å². The van der Waals surface area contributed by atoms with E-state index in [0.29, 0.717) is 13.1 Å². The highest BCUT2D eigenvalue weighted by Gasteiger charge is 2.32. The van der Waals surface area contributed by atoms with Crippen molar-refractivity contribution in [3.8, 4) is 0 Å². The summed E-state index contributed by atoms with van der Waals surface area (Å²) in [5.41, 5.74) is 5.00. The number of aromatic nitrogens is 1. The van der Waals surface area contributed by atoms with Gasteiger partial charge in [-0.3, -0.25) is 19.7 Å². The molecule has 1 unspecified atom stereocenters. The van der Waals surface area contributed by atoms with Gasteiger partial charge in [-0.25, -0.2) is 4.98 Å². The molecule has 3 rings (SSSR count). The number of likely N-dealkylation sites (tertiary alicyclic amines) is 1. The van der Waals surface area contributed by atoms with Gasteiger partial charge in [0, 0.05) is 31.1 Å². The molecule has 2 amide bonds. The number of anilines is 1. The van der Waals surface area contributed by atoms with Gasteiger partial charge >= 0.3 is 0 Å². The van der Waals surface area contributed by atoms with Gasteiger partial charge in [-0.1, -0.05) is 12.8 Å². The normalized spacial score (nSPS) is 20.6. The highest BCUT2D eigenvalue weighted by atomic mass is 16.6. The molecule has 0 radical (unpaired) electrons. The van der Waals surface area contributed by atoms with E-state index in [1.54, 1.807) is 0 Å². The molecule has 1 atom stereocenters. The van der Waals surface area contributed by atoms with Crippen LogP contribution in [0.4, 0.5) is 11.5 Å². The summed E-state index contributed by atoms with van der Waals surface area (Å²) in [4.78, 5) is 40.1. The van der Waals surface area contributed by atoms with Crippen LogP contribution in [0.15, 0.2) is 12.3 Å². The molecule has 9 heteroatoms. The largest absolute Gasteiger partial charge is 0.365 e. The summed E-state index contributed by atoms with van der Waals surface area (Å²) in [5, 5.41) is 13.9. The average molecular weight is 347 g/mol. The summed E-state index contributed by atoms with van der Waals surface area (Å²) in [6.07, 6.45) is 5.97. The number of carbonyl (C=O) groups excluding carboxylic acids is 2. The second kappa shape index (κ2) is 7.04. The Hall–Kier alpha value is -2.71. The van der Waals surface area contributed by atoms with E-state index in [-0.39, 0.29) is 34.9 Å². The van der Waals surface area contributed by atoms with Crippen molar-refractivity contribution in [3.63, 3.8) is 0 Å². The Morgan fingerprint density at radius 1 is 1.32 bits per heavy atom. The zero-order valence-corrected chi connectivity index (χ0v) is 13.8. The topological polar surface area (TPSA) is 131 Å². The fourth-order valence-electron chi connectivity index (χ4n) is 3.56. The van der Waals surface area contributed by atoms with Gasteiger partial charge in [0.15, 0.2) is 0 Å². The van der Waals surface area contributed by atoms with Gasteiger partial charge in [-0.05, 0) is 19.3 Å². The van der Waals surface area contributed by atoms with E-state index >= 15 is 0 Å². The third-order valence-corrected chi connectivity index (χ3v) is 4.89. The number of nitrogens with zero attached hydrogens (tertiary/aromatic N) is 3. The second-order valence-electron chi connectivity index (χ2n) is 6.61. The number of pyridine rings is 1. The van der Waals surface area contributed by atoms with Crippen molar-refractivity contribution in [2.45, 2.75) is 38.1 Å². The number of amides is 2. The molecule has 0 spiro atoms. The predicted molar refractivity (Wildman–Crippen MR) is 90.0 cm³/mol. The Balaban J connectivity index is 1.67. The molecule has 0 aromatic carbocycles. The second-order valence-corrected chi connectivity index (χ2v) is 6.61. The maximum atomic E-state index is 12.5. The summed E-state index contributed by atoms with van der Waals surface area (Å²) < 4.78 is 0. The molecule has 1 saturated carbocycles. The number of carbonyl (C=O) groups is 2. The van der Waals surface area contributed by atoms with E-state index < -0.39 is 10.8 Å². The molecule has 1 aliphatic carbocycles. The van der Waals surface area contributed by atoms with Crippen LogP contribution >= 0.6 is 0 Å². The van der Waals surface area contributed by atoms with Crippen LogP contribution in [0.2, 0.25) is 0 Å². The number of nitro groups is 1. The van der Waals surface area contributed by atoms with Gasteiger partial charge in [0.05, 0.1) is 10.5 Å². The summed E-state index contributed by atoms with van der Waals surface area (Å²) in [6.45, 7) is 1.19. The van der Waals surface area contributed by atoms with Crippen LogP contribution in [0.3, 0.4) is 0 Å². The zero-order valence-electron chi connectivity index (χ0n) is 13.8. The van der Waals surface area contributed by atoms with Gasteiger partial charge in [-0.15, -0.1) is 0 Å². The van der Waals surface area contributed by atoms with Gasteiger partial charge < -0.3 is 16.0 Å². The minimum absolute atomic E-state index is 0.0187. The maximum absolute atomic E-state index is 12.5. The SMILES string of the molecule is NC(=O)c1cc([N+](=O)[O-])cnc1NC1CCN(C(=O)C2CCCC2)C1. The lowest BCUT2D eigenvalue weighted by molar-refractivity contribution is -0.385. The minimum Gasteiger partial charge on any atom is -0.365 e. The van der Waals surface area contributed by atoms with Crippen molar-refractivity contribution < 1.29 is 14.5 Å². The Morgan fingerprint density at radius 3 is 2.68 bits per heavy atom. The molecular weight excluding hydrogens is 326 g/mol. The standard InChI is InChI=1S/C16H21N5O4/c17-14(22)13-7-12(21(24)25)8-18-15(13)19-11-5-6-20(9-11)16(23)10-3-1-2-4-10/h7-8,10-11H,1-6,9H2,(H2,17,22)(H,18,19). The molecule has 2 heterocycles. The number of rotatable bonds is 5. The van der Waals surface area contributed by atoms with Gasteiger partial charge in [0.25, 0.3) is 11.6 Å². The van der Waals surface area contributed by atoms with Crippen molar-refractivity contribution in [3.05, 3.63) is 27.9 Å². The summed E-state index contributed by atoms with van der Waals surface area (Å²) >= 11 is 0. The molecule has 1 aromatic rings. The van der Waals surface area contributed by atoms with Crippen LogP contribution in [0.25, 0.3) is 0 Å². The van der Waals surface area contributed by atoms with Crippen molar-refractivity contribution in [1.82, 2.24) is 9.88 Å². The Morgan fingerprint density at radius 2 is 2.04 bits per heavy atom. The van der Waals surface area contributed by atoms with E-state index in [1.165, 1.54) is 0 Å². The van der Waals surface area contributed by atoms with E-state index in [0.717, 1.165) is 44.4 Å². The third-order valence-electron chi connectivity index (χ3n) is 4.89. The maximum Gasteiger partial charge on any atom is 0.288 e. The molecule has 1 saturated heterocycles. The molecule has 134 valence electrons. The van der Waals surface area contributed by atoms with E-state index in [9.17, 15) is 19.7 Å². The van der Waals surface area contributed by atoms with E-state index in [4.69, 9.17) is 5.73 Å². The average Bonchev–Trinajstić information content (AvgIpc) is 3.26. The van der Waals surface area contributed by atoms with Crippen molar-refractivity contribution >= 4 is 23.3 Å². The lowest BCUT2D eigenvalue weighted by Gasteiger charge is -2.21. The van der Waals surface area contributed by atoms with Crippen LogP contribution in [-0.4, -0.2) is 45.8 Å². The molecular formula is C16H21N5O4. The minimum atomic E-state index is -0.782. The fraction of sp³-hybridized carbons (Fsp3) is 0.562. The zero-order chi connectivity index (χ0) is 18.0. The van der Waals surface area contributed by atoms with Crippen LogP contribution in [0.5, 0.6) is 0 Å². The van der Waals surface area contributed by atoms with Crippen molar-refractivity contribution in [1.29, 1.82) is 0 Å². The molecule has 3 N–H and O–H groups in total. The first-order chi connectivity index (χ1) is 12.0. The highest BCUT2D eigenvalue weighted by molar-refractivity contribution is 5.98. The third kappa shape index (κ3) is 3.70. The lowest BCUT2D eigenvalue weighted by Crippen LogP contribution is -2.35. The Bertz CT molecular complexity index is 702. The van der Waals surface area contributed by atoms with Gasteiger partial charge in [0.1, 0.15) is 12.0 Å². The molecule has 9 nitrogen and oxygen atoms in total. The molecule has 0 bridgehead atoms. The smallest absolute Gasteiger partial charge is 0.288 e. The summed E-state index contributed by atoms with van der Waals surface area (Å²) in [7, 11) is 0.